The van der Waals surface area contributed by atoms with Crippen LogP contribution in [-0.4, -0.2) is 25.4 Å². The SMILES string of the molecule is CNCN(C(=O)OC(C)(C)C)c1ccc(Cl)cc1. The summed E-state index contributed by atoms with van der Waals surface area (Å²) in [6.07, 6.45) is -0.390. The monoisotopic (exact) mass is 270 g/mol. The number of anilines is 1. The summed E-state index contributed by atoms with van der Waals surface area (Å²) >= 11 is 5.83. The van der Waals surface area contributed by atoms with Crippen LogP contribution >= 0.6 is 11.6 Å². The highest BCUT2D eigenvalue weighted by Gasteiger charge is 2.22. The number of carbonyl (C=O) groups is 1. The van der Waals surface area contributed by atoms with E-state index in [1.165, 1.54) is 4.90 Å². The maximum absolute atomic E-state index is 12.1. The van der Waals surface area contributed by atoms with Gasteiger partial charge in [-0.15, -0.1) is 0 Å². The lowest BCUT2D eigenvalue weighted by molar-refractivity contribution is 0.0578. The molecule has 1 aromatic carbocycles. The van der Waals surface area contributed by atoms with Crippen molar-refractivity contribution in [1.29, 1.82) is 0 Å². The Labute approximate surface area is 113 Å². The van der Waals surface area contributed by atoms with Crippen molar-refractivity contribution in [3.8, 4) is 0 Å². The largest absolute Gasteiger partial charge is 0.443 e. The summed E-state index contributed by atoms with van der Waals surface area (Å²) in [5.41, 5.74) is 0.221. The van der Waals surface area contributed by atoms with E-state index >= 15 is 0 Å². The highest BCUT2D eigenvalue weighted by atomic mass is 35.5. The van der Waals surface area contributed by atoms with Crippen molar-refractivity contribution in [2.24, 2.45) is 0 Å². The van der Waals surface area contributed by atoms with Crippen molar-refractivity contribution in [1.82, 2.24) is 5.32 Å². The molecule has 0 saturated heterocycles. The zero-order valence-electron chi connectivity index (χ0n) is 11.2. The fraction of sp³-hybridized carbons (Fsp3) is 0.462. The van der Waals surface area contributed by atoms with Crippen molar-refractivity contribution < 1.29 is 9.53 Å². The predicted octanol–water partition coefficient (Wildman–Crippen LogP) is 3.26. The smallest absolute Gasteiger partial charge is 0.415 e. The van der Waals surface area contributed by atoms with E-state index in [2.05, 4.69) is 5.32 Å². The molecule has 4 nitrogen and oxygen atoms in total. The van der Waals surface area contributed by atoms with Crippen LogP contribution in [0.1, 0.15) is 20.8 Å². The van der Waals surface area contributed by atoms with Crippen LogP contribution in [0.15, 0.2) is 24.3 Å². The molecule has 0 aliphatic heterocycles. The third kappa shape index (κ3) is 4.55. The second-order valence-electron chi connectivity index (χ2n) is 4.90. The first kappa shape index (κ1) is 14.8. The molecule has 0 spiro atoms. The molecule has 18 heavy (non-hydrogen) atoms. The summed E-state index contributed by atoms with van der Waals surface area (Å²) in [6.45, 7) is 5.88. The third-order valence-electron chi connectivity index (χ3n) is 2.07. The number of ether oxygens (including phenoxy) is 1. The maximum Gasteiger partial charge on any atom is 0.415 e. The minimum Gasteiger partial charge on any atom is -0.443 e. The molecule has 0 heterocycles. The second-order valence-corrected chi connectivity index (χ2v) is 5.33. The second kappa shape index (κ2) is 6.07. The van der Waals surface area contributed by atoms with Crippen LogP contribution in [-0.2, 0) is 4.74 Å². The van der Waals surface area contributed by atoms with Gasteiger partial charge in [0.2, 0.25) is 0 Å². The summed E-state index contributed by atoms with van der Waals surface area (Å²) in [5.74, 6) is 0. The van der Waals surface area contributed by atoms with Gasteiger partial charge in [-0.05, 0) is 52.1 Å². The Hall–Kier alpha value is -1.26. The molecule has 5 heteroatoms. The normalized spacial score (nSPS) is 11.2. The molecule has 0 bridgehead atoms. The van der Waals surface area contributed by atoms with E-state index in [1.54, 1.807) is 31.3 Å². The summed E-state index contributed by atoms with van der Waals surface area (Å²) in [4.78, 5) is 13.6. The number of halogens is 1. The number of benzene rings is 1. The first-order chi connectivity index (χ1) is 8.33. The van der Waals surface area contributed by atoms with E-state index in [0.717, 1.165) is 5.69 Å². The molecule has 0 fully saturated rings. The number of rotatable bonds is 3. The molecular weight excluding hydrogens is 252 g/mol. The zero-order valence-corrected chi connectivity index (χ0v) is 11.9. The van der Waals surface area contributed by atoms with E-state index in [1.807, 2.05) is 20.8 Å². The Morgan fingerprint density at radius 3 is 2.33 bits per heavy atom. The Balaban J connectivity index is 2.88. The van der Waals surface area contributed by atoms with Crippen molar-refractivity contribution in [2.75, 3.05) is 18.6 Å². The number of amides is 1. The van der Waals surface area contributed by atoms with Crippen LogP contribution in [0, 0.1) is 0 Å². The Morgan fingerprint density at radius 2 is 1.89 bits per heavy atom. The van der Waals surface area contributed by atoms with E-state index in [-0.39, 0.29) is 6.09 Å². The number of nitrogens with zero attached hydrogens (tertiary/aromatic N) is 1. The fourth-order valence-electron chi connectivity index (χ4n) is 1.36. The Morgan fingerprint density at radius 1 is 1.33 bits per heavy atom. The van der Waals surface area contributed by atoms with Crippen molar-refractivity contribution in [3.63, 3.8) is 0 Å². The number of hydrogen-bond donors (Lipinski definition) is 1. The lowest BCUT2D eigenvalue weighted by Gasteiger charge is -2.27. The van der Waals surface area contributed by atoms with Crippen LogP contribution in [0.2, 0.25) is 5.02 Å². The summed E-state index contributed by atoms with van der Waals surface area (Å²) in [7, 11) is 1.77. The number of nitrogens with one attached hydrogen (secondary N) is 1. The number of hydrogen-bond acceptors (Lipinski definition) is 3. The molecule has 0 saturated carbocycles. The van der Waals surface area contributed by atoms with E-state index in [0.29, 0.717) is 11.7 Å². The van der Waals surface area contributed by atoms with Gasteiger partial charge in [-0.3, -0.25) is 4.90 Å². The average molecular weight is 271 g/mol. The molecule has 0 unspecified atom stereocenters. The van der Waals surface area contributed by atoms with Gasteiger partial charge >= 0.3 is 6.09 Å². The van der Waals surface area contributed by atoms with Gasteiger partial charge in [0.1, 0.15) is 5.60 Å². The molecular formula is C13H19ClN2O2. The van der Waals surface area contributed by atoms with Gasteiger partial charge in [0, 0.05) is 10.7 Å². The molecule has 0 radical (unpaired) electrons. The Kier molecular flexibility index (Phi) is 4.99. The van der Waals surface area contributed by atoms with Crippen LogP contribution in [0.3, 0.4) is 0 Å². The van der Waals surface area contributed by atoms with Crippen LogP contribution in [0.4, 0.5) is 10.5 Å². The third-order valence-corrected chi connectivity index (χ3v) is 2.32. The lowest BCUT2D eigenvalue weighted by atomic mass is 10.2. The molecule has 0 aliphatic carbocycles. The molecule has 1 N–H and O–H groups in total. The van der Waals surface area contributed by atoms with Gasteiger partial charge in [0.15, 0.2) is 0 Å². The fourth-order valence-corrected chi connectivity index (χ4v) is 1.48. The quantitative estimate of drug-likeness (QED) is 0.857. The minimum atomic E-state index is -0.518. The van der Waals surface area contributed by atoms with Gasteiger partial charge in [0.25, 0.3) is 0 Å². The molecule has 0 atom stereocenters. The lowest BCUT2D eigenvalue weighted by Crippen LogP contribution is -2.41. The van der Waals surface area contributed by atoms with Crippen molar-refractivity contribution in [3.05, 3.63) is 29.3 Å². The molecule has 0 aliphatic rings. The average Bonchev–Trinajstić information content (AvgIpc) is 2.25. The van der Waals surface area contributed by atoms with Gasteiger partial charge < -0.3 is 10.1 Å². The summed E-state index contributed by atoms with van der Waals surface area (Å²) in [5, 5.41) is 3.57. The molecule has 100 valence electrons. The Bertz CT molecular complexity index is 398. The molecule has 0 aromatic heterocycles. The van der Waals surface area contributed by atoms with Gasteiger partial charge in [-0.2, -0.15) is 0 Å². The highest BCUT2D eigenvalue weighted by molar-refractivity contribution is 6.30. The first-order valence-corrected chi connectivity index (χ1v) is 6.12. The predicted molar refractivity (Wildman–Crippen MR) is 74.1 cm³/mol. The van der Waals surface area contributed by atoms with Crippen LogP contribution in [0.25, 0.3) is 0 Å². The first-order valence-electron chi connectivity index (χ1n) is 5.74. The maximum atomic E-state index is 12.1. The van der Waals surface area contributed by atoms with Crippen LogP contribution < -0.4 is 10.2 Å². The molecule has 1 amide bonds. The standard InChI is InChI=1S/C13H19ClN2O2/c1-13(2,3)18-12(17)16(9-15-4)11-7-5-10(14)6-8-11/h5-8,15H,9H2,1-4H3. The topological polar surface area (TPSA) is 41.6 Å². The van der Waals surface area contributed by atoms with E-state index in [9.17, 15) is 4.79 Å². The number of carbonyl (C=O) groups excluding carboxylic acids is 1. The highest BCUT2D eigenvalue weighted by Crippen LogP contribution is 2.20. The van der Waals surface area contributed by atoms with E-state index in [4.69, 9.17) is 16.3 Å². The molecule has 1 aromatic rings. The molecule has 1 rings (SSSR count). The minimum absolute atomic E-state index is 0.372. The summed E-state index contributed by atoms with van der Waals surface area (Å²) in [6, 6.07) is 7.04. The van der Waals surface area contributed by atoms with E-state index < -0.39 is 5.60 Å². The van der Waals surface area contributed by atoms with Crippen LogP contribution in [0.5, 0.6) is 0 Å². The summed E-state index contributed by atoms with van der Waals surface area (Å²) < 4.78 is 5.35. The van der Waals surface area contributed by atoms with Gasteiger partial charge in [-0.25, -0.2) is 4.79 Å². The van der Waals surface area contributed by atoms with Crippen molar-refractivity contribution >= 4 is 23.4 Å². The van der Waals surface area contributed by atoms with Crippen molar-refractivity contribution in [2.45, 2.75) is 26.4 Å². The van der Waals surface area contributed by atoms with Gasteiger partial charge in [0.05, 0.1) is 6.67 Å². The van der Waals surface area contributed by atoms with Gasteiger partial charge in [-0.1, -0.05) is 11.6 Å². The zero-order chi connectivity index (χ0) is 13.8.